The van der Waals surface area contributed by atoms with Gasteiger partial charge in [-0.05, 0) is 49.4 Å². The van der Waals surface area contributed by atoms with Crippen molar-refractivity contribution in [2.45, 2.75) is 60.3 Å². The first-order valence-corrected chi connectivity index (χ1v) is 6.68. The van der Waals surface area contributed by atoms with Crippen molar-refractivity contribution < 1.29 is 0 Å². The number of hydrogen-bond acceptors (Lipinski definition) is 0. The van der Waals surface area contributed by atoms with Gasteiger partial charge in [0.25, 0.3) is 0 Å². The highest BCUT2D eigenvalue weighted by Crippen LogP contribution is 2.52. The molecule has 2 unspecified atom stereocenters. The lowest BCUT2D eigenvalue weighted by Gasteiger charge is -2.47. The average Bonchev–Trinajstić information content (AvgIpc) is 2.22. The van der Waals surface area contributed by atoms with E-state index in [9.17, 15) is 0 Å². The normalized spacial score (nSPS) is 33.3. The first kappa shape index (κ1) is 13.5. The lowest BCUT2D eigenvalue weighted by atomic mass is 9.57. The predicted octanol–water partition coefficient (Wildman–Crippen LogP) is 5.36. The van der Waals surface area contributed by atoms with E-state index in [0.717, 1.165) is 6.42 Å². The third-order valence-electron chi connectivity index (χ3n) is 4.87. The van der Waals surface area contributed by atoms with Crippen LogP contribution in [0, 0.1) is 16.7 Å². The maximum atomic E-state index is 3.87. The zero-order chi connectivity index (χ0) is 12.4. The van der Waals surface area contributed by atoms with Crippen LogP contribution >= 0.6 is 0 Å². The molecule has 16 heavy (non-hydrogen) atoms. The van der Waals surface area contributed by atoms with Gasteiger partial charge in [-0.15, -0.1) is 6.58 Å². The molecule has 0 radical (unpaired) electrons. The van der Waals surface area contributed by atoms with Gasteiger partial charge in [-0.3, -0.25) is 0 Å². The van der Waals surface area contributed by atoms with Crippen molar-refractivity contribution in [3.05, 3.63) is 24.3 Å². The predicted molar refractivity (Wildman–Crippen MR) is 73.5 cm³/mol. The van der Waals surface area contributed by atoms with Crippen molar-refractivity contribution in [2.24, 2.45) is 16.7 Å². The van der Waals surface area contributed by atoms with Gasteiger partial charge in [0.05, 0.1) is 0 Å². The minimum atomic E-state index is 0.435. The van der Waals surface area contributed by atoms with Crippen LogP contribution in [0.2, 0.25) is 0 Å². The molecule has 1 aliphatic carbocycles. The minimum Gasteiger partial charge on any atom is -0.103 e. The molecule has 0 nitrogen and oxygen atoms in total. The molecule has 0 aromatic heterocycles. The summed E-state index contributed by atoms with van der Waals surface area (Å²) in [5.41, 5.74) is 2.49. The Labute approximate surface area is 102 Å². The zero-order valence-corrected chi connectivity index (χ0v) is 11.8. The average molecular weight is 220 g/mol. The quantitative estimate of drug-likeness (QED) is 0.559. The maximum absolute atomic E-state index is 3.87. The smallest absolute Gasteiger partial charge is 0.00851 e. The molecule has 1 rings (SSSR count). The van der Waals surface area contributed by atoms with Gasteiger partial charge >= 0.3 is 0 Å². The fourth-order valence-electron chi connectivity index (χ4n) is 3.19. The minimum absolute atomic E-state index is 0.435. The van der Waals surface area contributed by atoms with Gasteiger partial charge in [-0.25, -0.2) is 0 Å². The molecule has 0 aromatic carbocycles. The summed E-state index contributed by atoms with van der Waals surface area (Å²) in [6, 6.07) is 0. The summed E-state index contributed by atoms with van der Waals surface area (Å²) in [7, 11) is 0. The van der Waals surface area contributed by atoms with Gasteiger partial charge in [0.15, 0.2) is 0 Å². The highest BCUT2D eigenvalue weighted by Gasteiger charge is 2.41. The van der Waals surface area contributed by atoms with Crippen LogP contribution in [-0.4, -0.2) is 0 Å². The molecule has 0 amide bonds. The lowest BCUT2D eigenvalue weighted by Crippen LogP contribution is -2.37. The Morgan fingerprint density at radius 2 is 2.12 bits per heavy atom. The van der Waals surface area contributed by atoms with Gasteiger partial charge in [0, 0.05) is 0 Å². The maximum Gasteiger partial charge on any atom is -0.00851 e. The molecule has 0 fully saturated rings. The lowest BCUT2D eigenvalue weighted by molar-refractivity contribution is 0.119. The molecule has 0 aliphatic heterocycles. The monoisotopic (exact) mass is 220 g/mol. The Morgan fingerprint density at radius 3 is 2.62 bits per heavy atom. The van der Waals surface area contributed by atoms with E-state index in [2.05, 4.69) is 53.3 Å². The Balaban J connectivity index is 3.00. The molecular weight excluding hydrogens is 192 g/mol. The summed E-state index contributed by atoms with van der Waals surface area (Å²) in [6.45, 7) is 15.7. The van der Waals surface area contributed by atoms with Crippen LogP contribution in [0.1, 0.15) is 60.3 Å². The molecular formula is C16H28. The third-order valence-corrected chi connectivity index (χ3v) is 4.87. The van der Waals surface area contributed by atoms with Crippen LogP contribution in [0.4, 0.5) is 0 Å². The molecule has 0 N–H and O–H groups in total. The second-order valence-electron chi connectivity index (χ2n) is 6.26. The number of allylic oxidation sites excluding steroid dienone is 3. The summed E-state index contributed by atoms with van der Waals surface area (Å²) in [4.78, 5) is 0. The van der Waals surface area contributed by atoms with E-state index in [1.807, 2.05) is 0 Å². The van der Waals surface area contributed by atoms with E-state index in [4.69, 9.17) is 0 Å². The topological polar surface area (TPSA) is 0 Å². The molecule has 0 spiro atoms. The standard InChI is InChI=1S/C16H28/c1-7-9-10-16(8-2)12-15(5,6)13(3)11-14(16)4/h7,11,13H,1,8-10,12H2,2-6H3. The van der Waals surface area contributed by atoms with Crippen molar-refractivity contribution in [3.8, 4) is 0 Å². The Hall–Kier alpha value is -0.520. The molecule has 0 bridgehead atoms. The zero-order valence-electron chi connectivity index (χ0n) is 11.8. The molecule has 0 saturated heterocycles. The first-order valence-electron chi connectivity index (χ1n) is 6.68. The van der Waals surface area contributed by atoms with Crippen molar-refractivity contribution in [1.29, 1.82) is 0 Å². The summed E-state index contributed by atoms with van der Waals surface area (Å²) >= 11 is 0. The largest absolute Gasteiger partial charge is 0.103 e. The highest BCUT2D eigenvalue weighted by atomic mass is 14.5. The van der Waals surface area contributed by atoms with E-state index >= 15 is 0 Å². The van der Waals surface area contributed by atoms with Gasteiger partial charge in [0.2, 0.25) is 0 Å². The van der Waals surface area contributed by atoms with Gasteiger partial charge < -0.3 is 0 Å². The molecule has 0 heteroatoms. The van der Waals surface area contributed by atoms with Crippen LogP contribution in [0.3, 0.4) is 0 Å². The van der Waals surface area contributed by atoms with Gasteiger partial charge in [0.1, 0.15) is 0 Å². The van der Waals surface area contributed by atoms with Crippen molar-refractivity contribution in [1.82, 2.24) is 0 Å². The fraction of sp³-hybridized carbons (Fsp3) is 0.750. The molecule has 2 atom stereocenters. The van der Waals surface area contributed by atoms with Gasteiger partial charge in [-0.2, -0.15) is 0 Å². The SMILES string of the molecule is C=CCCC1(CC)CC(C)(C)C(C)C=C1C. The summed E-state index contributed by atoms with van der Waals surface area (Å²) in [6.07, 6.45) is 9.58. The summed E-state index contributed by atoms with van der Waals surface area (Å²) in [5.74, 6) is 0.705. The second kappa shape index (κ2) is 4.77. The third kappa shape index (κ3) is 2.42. The van der Waals surface area contributed by atoms with Crippen molar-refractivity contribution in [2.75, 3.05) is 0 Å². The van der Waals surface area contributed by atoms with E-state index < -0.39 is 0 Å². The Kier molecular flexibility index (Phi) is 4.04. The number of hydrogen-bond donors (Lipinski definition) is 0. The van der Waals surface area contributed by atoms with E-state index in [1.165, 1.54) is 19.3 Å². The van der Waals surface area contributed by atoms with Crippen molar-refractivity contribution in [3.63, 3.8) is 0 Å². The second-order valence-corrected chi connectivity index (χ2v) is 6.26. The highest BCUT2D eigenvalue weighted by molar-refractivity contribution is 5.20. The van der Waals surface area contributed by atoms with E-state index in [1.54, 1.807) is 5.57 Å². The van der Waals surface area contributed by atoms with Crippen molar-refractivity contribution >= 4 is 0 Å². The molecule has 0 heterocycles. The van der Waals surface area contributed by atoms with E-state index in [0.29, 0.717) is 16.7 Å². The number of rotatable bonds is 4. The molecule has 1 aliphatic rings. The Bertz CT molecular complexity index is 282. The Morgan fingerprint density at radius 1 is 1.50 bits per heavy atom. The molecule has 92 valence electrons. The first-order chi connectivity index (χ1) is 7.38. The summed E-state index contributed by atoms with van der Waals surface area (Å²) < 4.78 is 0. The van der Waals surface area contributed by atoms with Crippen LogP contribution in [-0.2, 0) is 0 Å². The molecule has 0 saturated carbocycles. The van der Waals surface area contributed by atoms with Crippen LogP contribution < -0.4 is 0 Å². The van der Waals surface area contributed by atoms with Crippen LogP contribution in [0.25, 0.3) is 0 Å². The molecule has 0 aromatic rings. The fourth-order valence-corrected chi connectivity index (χ4v) is 3.19. The van der Waals surface area contributed by atoms with Crippen LogP contribution in [0.15, 0.2) is 24.3 Å². The van der Waals surface area contributed by atoms with Crippen LogP contribution in [0.5, 0.6) is 0 Å². The van der Waals surface area contributed by atoms with Gasteiger partial charge in [-0.1, -0.05) is 45.4 Å². The van der Waals surface area contributed by atoms with E-state index in [-0.39, 0.29) is 0 Å². The summed E-state index contributed by atoms with van der Waals surface area (Å²) in [5, 5.41) is 0.